The highest BCUT2D eigenvalue weighted by Gasteiger charge is 2.35. The summed E-state index contributed by atoms with van der Waals surface area (Å²) in [6.07, 6.45) is -0.669. The first-order chi connectivity index (χ1) is 10.8. The van der Waals surface area contributed by atoms with E-state index in [1.54, 1.807) is 18.2 Å². The minimum atomic E-state index is -2.63. The predicted molar refractivity (Wildman–Crippen MR) is 84.7 cm³/mol. The number of carbonyl (C=O) groups excluding carboxylic acids is 1. The first-order valence-electron chi connectivity index (χ1n) is 7.16. The third kappa shape index (κ3) is 3.87. The molecule has 1 aliphatic carbocycles. The van der Waals surface area contributed by atoms with Gasteiger partial charge in [-0.25, -0.2) is 13.6 Å². The van der Waals surface area contributed by atoms with Crippen LogP contribution < -0.4 is 10.1 Å². The second-order valence-corrected chi connectivity index (χ2v) is 6.49. The van der Waals surface area contributed by atoms with Gasteiger partial charge >= 0.3 is 6.09 Å². The first kappa shape index (κ1) is 16.3. The number of ether oxygens (including phenoxy) is 1. The Labute approximate surface area is 141 Å². The molecule has 2 aromatic rings. The predicted octanol–water partition coefficient (Wildman–Crippen LogP) is 5.14. The normalized spacial score (nSPS) is 18.1. The number of fused-ring (bicyclic) bond motifs is 1. The molecule has 1 fully saturated rings. The second-order valence-electron chi connectivity index (χ2n) is 5.65. The molecule has 1 aliphatic rings. The number of nitrogens with one attached hydrogen (secondary N) is 2. The average molecular weight is 363 g/mol. The topological polar surface area (TPSA) is 54.1 Å². The number of hydrogen-bond acceptors (Lipinski definition) is 2. The Bertz CT molecular complexity index is 738. The van der Waals surface area contributed by atoms with E-state index >= 15 is 0 Å². The van der Waals surface area contributed by atoms with Crippen molar-refractivity contribution in [3.8, 4) is 5.88 Å². The Kier molecular flexibility index (Phi) is 4.38. The standard InChI is InChI=1S/C15H14Cl2F2N2O2/c16-8-5-11(17)10-7-13(21-12(10)6-8)23-14(22)20-9-1-3-15(18,19)4-2-9/h5-7,9,21H,1-4H2,(H,20,22). The van der Waals surface area contributed by atoms with E-state index in [-0.39, 0.29) is 37.6 Å². The van der Waals surface area contributed by atoms with Crippen LogP contribution in [0.1, 0.15) is 25.7 Å². The third-order valence-electron chi connectivity index (χ3n) is 3.87. The van der Waals surface area contributed by atoms with Crippen LogP contribution in [0, 0.1) is 0 Å². The van der Waals surface area contributed by atoms with Crippen LogP contribution in [0.25, 0.3) is 10.9 Å². The quantitative estimate of drug-likeness (QED) is 0.776. The average Bonchev–Trinajstić information content (AvgIpc) is 2.83. The molecule has 8 heteroatoms. The van der Waals surface area contributed by atoms with Gasteiger partial charge in [-0.1, -0.05) is 23.2 Å². The fourth-order valence-electron chi connectivity index (χ4n) is 2.67. The van der Waals surface area contributed by atoms with Gasteiger partial charge in [-0.15, -0.1) is 0 Å². The van der Waals surface area contributed by atoms with Crippen molar-refractivity contribution in [2.45, 2.75) is 37.6 Å². The molecular formula is C15H14Cl2F2N2O2. The van der Waals surface area contributed by atoms with Crippen molar-refractivity contribution in [2.24, 2.45) is 0 Å². The minimum Gasteiger partial charge on any atom is -0.393 e. The van der Waals surface area contributed by atoms with Crippen LogP contribution in [-0.4, -0.2) is 23.0 Å². The van der Waals surface area contributed by atoms with E-state index in [9.17, 15) is 13.6 Å². The van der Waals surface area contributed by atoms with Gasteiger partial charge in [-0.3, -0.25) is 0 Å². The Morgan fingerprint density at radius 3 is 2.65 bits per heavy atom. The van der Waals surface area contributed by atoms with Gasteiger partial charge in [0.2, 0.25) is 11.8 Å². The van der Waals surface area contributed by atoms with Crippen LogP contribution in [0.3, 0.4) is 0 Å². The van der Waals surface area contributed by atoms with Gasteiger partial charge in [0, 0.05) is 35.4 Å². The van der Waals surface area contributed by atoms with Gasteiger partial charge in [0.15, 0.2) is 0 Å². The molecule has 0 saturated heterocycles. The van der Waals surface area contributed by atoms with E-state index in [1.165, 1.54) is 0 Å². The van der Waals surface area contributed by atoms with Crippen LogP contribution in [0.5, 0.6) is 5.88 Å². The number of aromatic amines is 1. The van der Waals surface area contributed by atoms with Gasteiger partial charge < -0.3 is 15.0 Å². The van der Waals surface area contributed by atoms with Crippen LogP contribution in [0.15, 0.2) is 18.2 Å². The van der Waals surface area contributed by atoms with Crippen molar-refractivity contribution >= 4 is 40.2 Å². The number of benzene rings is 1. The lowest BCUT2D eigenvalue weighted by Gasteiger charge is -2.28. The number of H-pyrrole nitrogens is 1. The monoisotopic (exact) mass is 362 g/mol. The maximum atomic E-state index is 13.1. The zero-order valence-electron chi connectivity index (χ0n) is 12.0. The second kappa shape index (κ2) is 6.17. The molecule has 23 heavy (non-hydrogen) atoms. The van der Waals surface area contributed by atoms with Gasteiger partial charge in [0.1, 0.15) is 0 Å². The molecule has 2 N–H and O–H groups in total. The van der Waals surface area contributed by atoms with Crippen molar-refractivity contribution in [3.63, 3.8) is 0 Å². The molecule has 124 valence electrons. The lowest BCUT2D eigenvalue weighted by atomic mass is 9.92. The SMILES string of the molecule is O=C(NC1CCC(F)(F)CC1)Oc1cc2c(Cl)cc(Cl)cc2[nH]1. The molecule has 0 radical (unpaired) electrons. The number of aromatic nitrogens is 1. The fourth-order valence-corrected chi connectivity index (χ4v) is 3.22. The molecule has 0 unspecified atom stereocenters. The van der Waals surface area contributed by atoms with Crippen molar-refractivity contribution in [3.05, 3.63) is 28.2 Å². The van der Waals surface area contributed by atoms with Crippen molar-refractivity contribution in [2.75, 3.05) is 0 Å². The number of amides is 1. The van der Waals surface area contributed by atoms with Crippen molar-refractivity contribution in [1.29, 1.82) is 0 Å². The Hall–Kier alpha value is -1.53. The van der Waals surface area contributed by atoms with E-state index in [1.807, 2.05) is 0 Å². The Morgan fingerprint density at radius 2 is 1.96 bits per heavy atom. The molecular weight excluding hydrogens is 349 g/mol. The number of halogens is 4. The zero-order chi connectivity index (χ0) is 16.6. The highest BCUT2D eigenvalue weighted by atomic mass is 35.5. The van der Waals surface area contributed by atoms with E-state index in [0.717, 1.165) is 0 Å². The summed E-state index contributed by atoms with van der Waals surface area (Å²) in [4.78, 5) is 14.8. The summed E-state index contributed by atoms with van der Waals surface area (Å²) < 4.78 is 31.3. The largest absolute Gasteiger partial charge is 0.414 e. The minimum absolute atomic E-state index is 0.211. The molecule has 3 rings (SSSR count). The molecule has 0 aliphatic heterocycles. The van der Waals surface area contributed by atoms with Gasteiger partial charge in [-0.2, -0.15) is 0 Å². The summed E-state index contributed by atoms with van der Waals surface area (Å²) in [7, 11) is 0. The number of carbonyl (C=O) groups is 1. The smallest absolute Gasteiger partial charge is 0.393 e. The lowest BCUT2D eigenvalue weighted by Crippen LogP contribution is -2.41. The number of alkyl halides is 2. The van der Waals surface area contributed by atoms with E-state index < -0.39 is 12.0 Å². The molecule has 0 bridgehead atoms. The van der Waals surface area contributed by atoms with Gasteiger partial charge in [-0.05, 0) is 25.0 Å². The van der Waals surface area contributed by atoms with Crippen LogP contribution in [0.4, 0.5) is 13.6 Å². The van der Waals surface area contributed by atoms with Crippen LogP contribution >= 0.6 is 23.2 Å². The number of rotatable bonds is 2. The lowest BCUT2D eigenvalue weighted by molar-refractivity contribution is -0.0399. The van der Waals surface area contributed by atoms with Gasteiger partial charge in [0.25, 0.3) is 0 Å². The molecule has 1 aromatic heterocycles. The highest BCUT2D eigenvalue weighted by molar-refractivity contribution is 6.38. The number of hydrogen-bond donors (Lipinski definition) is 2. The maximum absolute atomic E-state index is 13.1. The van der Waals surface area contributed by atoms with Crippen LogP contribution in [-0.2, 0) is 0 Å². The third-order valence-corrected chi connectivity index (χ3v) is 4.40. The summed E-state index contributed by atoms with van der Waals surface area (Å²) in [6, 6.07) is 4.54. The summed E-state index contributed by atoms with van der Waals surface area (Å²) >= 11 is 12.0. The maximum Gasteiger partial charge on any atom is 0.414 e. The highest BCUT2D eigenvalue weighted by Crippen LogP contribution is 2.33. The Balaban J connectivity index is 1.63. The van der Waals surface area contributed by atoms with E-state index in [4.69, 9.17) is 27.9 Å². The van der Waals surface area contributed by atoms with Crippen molar-refractivity contribution < 1.29 is 18.3 Å². The van der Waals surface area contributed by atoms with Crippen molar-refractivity contribution in [1.82, 2.24) is 10.3 Å². The fraction of sp³-hybridized carbons (Fsp3) is 0.400. The summed E-state index contributed by atoms with van der Waals surface area (Å²) in [5.74, 6) is -2.42. The molecule has 0 spiro atoms. The summed E-state index contributed by atoms with van der Waals surface area (Å²) in [5, 5.41) is 4.18. The summed E-state index contributed by atoms with van der Waals surface area (Å²) in [6.45, 7) is 0. The molecule has 1 amide bonds. The first-order valence-corrected chi connectivity index (χ1v) is 7.92. The molecule has 4 nitrogen and oxygen atoms in total. The van der Waals surface area contributed by atoms with Crippen LogP contribution in [0.2, 0.25) is 10.0 Å². The molecule has 0 atom stereocenters. The van der Waals surface area contributed by atoms with Gasteiger partial charge in [0.05, 0.1) is 10.5 Å². The molecule has 1 heterocycles. The van der Waals surface area contributed by atoms with E-state index in [2.05, 4.69) is 10.3 Å². The summed E-state index contributed by atoms with van der Waals surface area (Å²) in [5.41, 5.74) is 0.641. The Morgan fingerprint density at radius 1 is 1.26 bits per heavy atom. The zero-order valence-corrected chi connectivity index (χ0v) is 13.5. The molecule has 1 aromatic carbocycles. The molecule has 1 saturated carbocycles. The van der Waals surface area contributed by atoms with E-state index in [0.29, 0.717) is 20.9 Å².